The monoisotopic (exact) mass is 336 g/mol. The van der Waals surface area contributed by atoms with Gasteiger partial charge in [-0.2, -0.15) is 0 Å². The molecule has 1 N–H and O–H groups in total. The van der Waals surface area contributed by atoms with Crippen molar-refractivity contribution in [3.8, 4) is 0 Å². The van der Waals surface area contributed by atoms with E-state index in [1.165, 1.54) is 29.5 Å². The number of fused-ring (bicyclic) bond motifs is 2. The Morgan fingerprint density at radius 3 is 2.61 bits per heavy atom. The molecule has 2 aromatic rings. The molecule has 0 amide bonds. The molecule has 2 aliphatic carbocycles. The van der Waals surface area contributed by atoms with Gasteiger partial charge in [-0.3, -0.25) is 4.57 Å². The van der Waals surface area contributed by atoms with Crippen molar-refractivity contribution in [1.82, 2.24) is 9.29 Å². The third-order valence-corrected chi connectivity index (χ3v) is 6.67. The van der Waals surface area contributed by atoms with Crippen LogP contribution in [0.2, 0.25) is 0 Å². The highest BCUT2D eigenvalue weighted by atomic mass is 32.2. The lowest BCUT2D eigenvalue weighted by Gasteiger charge is -2.06. The molecule has 2 saturated carbocycles. The molecule has 124 valence electrons. The van der Waals surface area contributed by atoms with Crippen LogP contribution in [0.5, 0.6) is 0 Å². The number of oxazole rings is 1. The van der Waals surface area contributed by atoms with E-state index < -0.39 is 15.8 Å². The van der Waals surface area contributed by atoms with Gasteiger partial charge in [-0.1, -0.05) is 12.8 Å². The molecule has 6 nitrogen and oxygen atoms in total. The number of rotatable bonds is 4. The molecule has 0 aliphatic heterocycles. The summed E-state index contributed by atoms with van der Waals surface area (Å²) in [5, 5.41) is 0. The topological polar surface area (TPSA) is 81.3 Å². The van der Waals surface area contributed by atoms with E-state index >= 15 is 0 Å². The predicted molar refractivity (Wildman–Crippen MR) is 85.7 cm³/mol. The average Bonchev–Trinajstić information content (AvgIpc) is 3.10. The van der Waals surface area contributed by atoms with Gasteiger partial charge in [0.2, 0.25) is 10.0 Å². The first-order valence-electron chi connectivity index (χ1n) is 8.17. The highest BCUT2D eigenvalue weighted by Crippen LogP contribution is 2.50. The number of benzene rings is 1. The van der Waals surface area contributed by atoms with Gasteiger partial charge in [0.1, 0.15) is 0 Å². The highest BCUT2D eigenvalue weighted by molar-refractivity contribution is 7.89. The summed E-state index contributed by atoms with van der Waals surface area (Å²) in [6.45, 7) is 2.33. The number of aryl methyl sites for hydroxylation is 1. The summed E-state index contributed by atoms with van der Waals surface area (Å²) in [6, 6.07) is 4.69. The molecule has 0 saturated heterocycles. The third kappa shape index (κ3) is 2.42. The molecule has 3 atom stereocenters. The van der Waals surface area contributed by atoms with Crippen molar-refractivity contribution in [2.45, 2.75) is 50.1 Å². The van der Waals surface area contributed by atoms with E-state index in [9.17, 15) is 13.2 Å². The maximum atomic E-state index is 12.6. The number of aromatic nitrogens is 1. The minimum atomic E-state index is -3.58. The van der Waals surface area contributed by atoms with E-state index in [2.05, 4.69) is 4.72 Å². The lowest BCUT2D eigenvalue weighted by Crippen LogP contribution is -2.27. The summed E-state index contributed by atoms with van der Waals surface area (Å²) in [6.07, 6.45) is 4.62. The van der Waals surface area contributed by atoms with Crippen molar-refractivity contribution in [1.29, 1.82) is 0 Å². The lowest BCUT2D eigenvalue weighted by molar-refractivity contribution is 0.480. The lowest BCUT2D eigenvalue weighted by atomic mass is 10.0. The van der Waals surface area contributed by atoms with Gasteiger partial charge in [0.25, 0.3) is 0 Å². The van der Waals surface area contributed by atoms with Crippen LogP contribution in [0.4, 0.5) is 0 Å². The standard InChI is InChI=1S/C16H20N2O4S/c1-2-18-13-8-7-10(9-14(13)22-16(18)19)23(20,21)17-15-11-5-3-4-6-12(11)15/h7-9,11-12,15,17H,2-6H2,1H3/t11-,12+,15?. The van der Waals surface area contributed by atoms with E-state index in [0.29, 0.717) is 29.5 Å². The molecular weight excluding hydrogens is 316 g/mol. The third-order valence-electron chi connectivity index (χ3n) is 5.21. The first kappa shape index (κ1) is 15.0. The molecule has 2 fully saturated rings. The molecule has 1 aromatic carbocycles. The zero-order chi connectivity index (χ0) is 16.2. The normalized spacial score (nSPS) is 27.1. The van der Waals surface area contributed by atoms with E-state index in [-0.39, 0.29) is 10.9 Å². The van der Waals surface area contributed by atoms with Crippen LogP contribution in [0, 0.1) is 11.8 Å². The Morgan fingerprint density at radius 1 is 1.26 bits per heavy atom. The van der Waals surface area contributed by atoms with Gasteiger partial charge in [0.15, 0.2) is 5.58 Å². The van der Waals surface area contributed by atoms with Crippen molar-refractivity contribution < 1.29 is 12.8 Å². The second-order valence-corrected chi connectivity index (χ2v) is 8.21. The molecule has 1 aromatic heterocycles. The summed E-state index contributed by atoms with van der Waals surface area (Å²) in [4.78, 5) is 11.9. The quantitative estimate of drug-likeness (QED) is 0.927. The van der Waals surface area contributed by atoms with Crippen LogP contribution in [0.1, 0.15) is 32.6 Å². The van der Waals surface area contributed by atoms with Crippen molar-refractivity contribution in [3.05, 3.63) is 28.7 Å². The van der Waals surface area contributed by atoms with Gasteiger partial charge in [-0.25, -0.2) is 17.9 Å². The van der Waals surface area contributed by atoms with Crippen molar-refractivity contribution in [2.75, 3.05) is 0 Å². The van der Waals surface area contributed by atoms with Gasteiger partial charge in [-0.05, 0) is 43.7 Å². The van der Waals surface area contributed by atoms with Gasteiger partial charge < -0.3 is 4.42 Å². The fourth-order valence-electron chi connectivity index (χ4n) is 3.93. The minimum Gasteiger partial charge on any atom is -0.408 e. The van der Waals surface area contributed by atoms with Crippen LogP contribution in [-0.2, 0) is 16.6 Å². The van der Waals surface area contributed by atoms with Crippen LogP contribution >= 0.6 is 0 Å². The van der Waals surface area contributed by atoms with Crippen LogP contribution in [0.15, 0.2) is 32.3 Å². The van der Waals surface area contributed by atoms with Crippen LogP contribution in [0.25, 0.3) is 11.1 Å². The Bertz CT molecular complexity index is 900. The van der Waals surface area contributed by atoms with Gasteiger partial charge >= 0.3 is 5.76 Å². The fourth-order valence-corrected chi connectivity index (χ4v) is 5.28. The highest BCUT2D eigenvalue weighted by Gasteiger charge is 2.52. The molecule has 23 heavy (non-hydrogen) atoms. The molecule has 7 heteroatoms. The maximum absolute atomic E-state index is 12.6. The Kier molecular flexibility index (Phi) is 3.39. The first-order valence-corrected chi connectivity index (χ1v) is 9.65. The Morgan fingerprint density at radius 2 is 1.96 bits per heavy atom. The molecule has 1 heterocycles. The Balaban J connectivity index is 1.64. The number of hydrogen-bond donors (Lipinski definition) is 1. The van der Waals surface area contributed by atoms with Gasteiger partial charge in [0, 0.05) is 18.7 Å². The number of nitrogens with one attached hydrogen (secondary N) is 1. The fraction of sp³-hybridized carbons (Fsp3) is 0.562. The molecule has 0 radical (unpaired) electrons. The van der Waals surface area contributed by atoms with E-state index in [1.807, 2.05) is 6.92 Å². The summed E-state index contributed by atoms with van der Waals surface area (Å²) in [5.41, 5.74) is 0.935. The second-order valence-electron chi connectivity index (χ2n) is 6.50. The largest absolute Gasteiger partial charge is 0.419 e. The van der Waals surface area contributed by atoms with E-state index in [4.69, 9.17) is 4.42 Å². The zero-order valence-electron chi connectivity index (χ0n) is 13.0. The first-order chi connectivity index (χ1) is 11.0. The molecule has 0 spiro atoms. The van der Waals surface area contributed by atoms with Gasteiger partial charge in [-0.15, -0.1) is 0 Å². The summed E-state index contributed by atoms with van der Waals surface area (Å²) < 4.78 is 34.7. The number of hydrogen-bond acceptors (Lipinski definition) is 4. The summed E-state index contributed by atoms with van der Waals surface area (Å²) in [7, 11) is -3.58. The smallest absolute Gasteiger partial charge is 0.408 e. The molecule has 4 rings (SSSR count). The Hall–Kier alpha value is -1.60. The average molecular weight is 336 g/mol. The molecule has 1 unspecified atom stereocenters. The maximum Gasteiger partial charge on any atom is 0.419 e. The van der Waals surface area contributed by atoms with Crippen LogP contribution in [0.3, 0.4) is 0 Å². The van der Waals surface area contributed by atoms with Gasteiger partial charge in [0.05, 0.1) is 10.4 Å². The van der Waals surface area contributed by atoms with Crippen LogP contribution < -0.4 is 10.5 Å². The zero-order valence-corrected chi connectivity index (χ0v) is 13.8. The Labute approximate surface area is 134 Å². The summed E-state index contributed by atoms with van der Waals surface area (Å²) >= 11 is 0. The van der Waals surface area contributed by atoms with Crippen molar-refractivity contribution in [3.63, 3.8) is 0 Å². The van der Waals surface area contributed by atoms with Crippen LogP contribution in [-0.4, -0.2) is 19.0 Å². The molecule has 2 aliphatic rings. The number of nitrogens with zero attached hydrogens (tertiary/aromatic N) is 1. The summed E-state index contributed by atoms with van der Waals surface area (Å²) in [5.74, 6) is 0.543. The van der Waals surface area contributed by atoms with E-state index in [1.54, 1.807) is 6.07 Å². The second kappa shape index (κ2) is 5.21. The minimum absolute atomic E-state index is 0.0745. The molecule has 0 bridgehead atoms. The van der Waals surface area contributed by atoms with E-state index in [0.717, 1.165) is 12.8 Å². The number of sulfonamides is 1. The van der Waals surface area contributed by atoms with Crippen molar-refractivity contribution in [2.24, 2.45) is 11.8 Å². The molecular formula is C16H20N2O4S. The predicted octanol–water partition coefficient (Wildman–Crippen LogP) is 2.08. The SMILES string of the molecule is CCn1c(=O)oc2cc(S(=O)(=O)NC3[C@H]4CCCC[C@@H]34)ccc21. The van der Waals surface area contributed by atoms with Crippen molar-refractivity contribution >= 4 is 21.1 Å².